The molecule has 158 valence electrons. The normalized spacial score (nSPS) is 14.8. The monoisotopic (exact) mass is 417 g/mol. The van der Waals surface area contributed by atoms with Crippen LogP contribution >= 0.6 is 0 Å². The van der Waals surface area contributed by atoms with Crippen molar-refractivity contribution in [1.82, 2.24) is 35.0 Å². The maximum Gasteiger partial charge on any atom is 0.227 e. The molecule has 0 atom stereocenters. The van der Waals surface area contributed by atoms with Gasteiger partial charge in [0.05, 0.1) is 22.8 Å². The minimum atomic E-state index is -0.0492. The fraction of sp³-hybridized carbons (Fsp3) is 0.333. The maximum absolute atomic E-state index is 13.0. The van der Waals surface area contributed by atoms with Gasteiger partial charge in [-0.25, -0.2) is 4.68 Å². The molecule has 0 radical (unpaired) electrons. The van der Waals surface area contributed by atoms with Crippen molar-refractivity contribution in [2.24, 2.45) is 5.92 Å². The van der Waals surface area contributed by atoms with Crippen molar-refractivity contribution < 1.29 is 4.79 Å². The zero-order chi connectivity index (χ0) is 21.4. The standard InChI is InChI=1S/C21H23N9O/c1-14-20(15(2)29(24-14)17-6-4-3-5-7-17)22-21(31)16-10-12-28(13-11-16)19-9-8-18-23-26-27-30(18)25-19/h3-9,16H,10-13H2,1-2H3,(H,22,31). The number of hydrogen-bond acceptors (Lipinski definition) is 7. The van der Waals surface area contributed by atoms with Crippen LogP contribution in [0.25, 0.3) is 11.3 Å². The van der Waals surface area contributed by atoms with E-state index in [0.29, 0.717) is 5.65 Å². The number of fused-ring (bicyclic) bond motifs is 1. The summed E-state index contributed by atoms with van der Waals surface area (Å²) in [6, 6.07) is 13.7. The summed E-state index contributed by atoms with van der Waals surface area (Å²) in [7, 11) is 0. The molecule has 5 rings (SSSR count). The summed E-state index contributed by atoms with van der Waals surface area (Å²) in [6.07, 6.45) is 1.51. The van der Waals surface area contributed by atoms with Crippen molar-refractivity contribution in [2.45, 2.75) is 26.7 Å². The number of hydrogen-bond donors (Lipinski definition) is 1. The van der Waals surface area contributed by atoms with Crippen LogP contribution in [0.4, 0.5) is 11.5 Å². The molecular formula is C21H23N9O. The zero-order valence-corrected chi connectivity index (χ0v) is 17.4. The molecular weight excluding hydrogens is 394 g/mol. The minimum absolute atomic E-state index is 0.0438. The van der Waals surface area contributed by atoms with Crippen LogP contribution in [0.5, 0.6) is 0 Å². The van der Waals surface area contributed by atoms with Gasteiger partial charge in [0.25, 0.3) is 0 Å². The summed E-state index contributed by atoms with van der Waals surface area (Å²) < 4.78 is 3.29. The number of anilines is 2. The number of nitrogens with one attached hydrogen (secondary N) is 1. The third-order valence-corrected chi connectivity index (χ3v) is 5.79. The molecule has 10 nitrogen and oxygen atoms in total. The van der Waals surface area contributed by atoms with Crippen LogP contribution in [-0.2, 0) is 4.79 Å². The van der Waals surface area contributed by atoms with Crippen molar-refractivity contribution in [2.75, 3.05) is 23.3 Å². The number of rotatable bonds is 4. The Morgan fingerprint density at radius 3 is 2.58 bits per heavy atom. The van der Waals surface area contributed by atoms with Gasteiger partial charge in [-0.2, -0.15) is 5.10 Å². The third-order valence-electron chi connectivity index (χ3n) is 5.79. The predicted octanol–water partition coefficient (Wildman–Crippen LogP) is 2.18. The van der Waals surface area contributed by atoms with Crippen LogP contribution in [-0.4, -0.2) is 54.0 Å². The molecule has 4 heterocycles. The Hall–Kier alpha value is -3.82. The first kappa shape index (κ1) is 19.2. The molecule has 1 aromatic carbocycles. The lowest BCUT2D eigenvalue weighted by molar-refractivity contribution is -0.120. The SMILES string of the molecule is Cc1nn(-c2ccccc2)c(C)c1NC(=O)C1CCN(c2ccc3nnnn3n2)CC1. The number of aromatic nitrogens is 7. The van der Waals surface area contributed by atoms with Gasteiger partial charge in [-0.1, -0.05) is 18.2 Å². The third kappa shape index (κ3) is 3.60. The Morgan fingerprint density at radius 1 is 1.03 bits per heavy atom. The second-order valence-corrected chi connectivity index (χ2v) is 7.76. The molecule has 1 amide bonds. The van der Waals surface area contributed by atoms with Crippen molar-refractivity contribution in [1.29, 1.82) is 0 Å². The molecule has 0 unspecified atom stereocenters. The van der Waals surface area contributed by atoms with E-state index in [9.17, 15) is 4.79 Å². The molecule has 1 aliphatic heterocycles. The molecule has 0 bridgehead atoms. The lowest BCUT2D eigenvalue weighted by Crippen LogP contribution is -2.38. The Morgan fingerprint density at radius 2 is 1.81 bits per heavy atom. The fourth-order valence-corrected chi connectivity index (χ4v) is 4.05. The van der Waals surface area contributed by atoms with Crippen LogP contribution in [0.2, 0.25) is 0 Å². The van der Waals surface area contributed by atoms with Crippen molar-refractivity contribution >= 4 is 23.1 Å². The summed E-state index contributed by atoms with van der Waals surface area (Å²) in [6.45, 7) is 5.40. The highest BCUT2D eigenvalue weighted by atomic mass is 16.1. The molecule has 1 aliphatic rings. The number of aryl methyl sites for hydroxylation is 1. The second-order valence-electron chi connectivity index (χ2n) is 7.76. The van der Waals surface area contributed by atoms with E-state index in [1.807, 2.05) is 61.0 Å². The number of tetrazole rings is 1. The molecule has 4 aromatic rings. The van der Waals surface area contributed by atoms with Gasteiger partial charge in [-0.3, -0.25) is 4.79 Å². The van der Waals surface area contributed by atoms with E-state index in [1.165, 1.54) is 4.63 Å². The highest BCUT2D eigenvalue weighted by molar-refractivity contribution is 5.93. The van der Waals surface area contributed by atoms with Crippen LogP contribution in [0, 0.1) is 19.8 Å². The van der Waals surface area contributed by atoms with Crippen LogP contribution < -0.4 is 10.2 Å². The molecule has 10 heteroatoms. The van der Waals surface area contributed by atoms with Crippen molar-refractivity contribution in [3.63, 3.8) is 0 Å². The van der Waals surface area contributed by atoms with Crippen LogP contribution in [0.1, 0.15) is 24.2 Å². The van der Waals surface area contributed by atoms with E-state index in [1.54, 1.807) is 0 Å². The Kier molecular flexibility index (Phi) is 4.81. The summed E-state index contributed by atoms with van der Waals surface area (Å²) in [5.41, 5.74) is 4.12. The highest BCUT2D eigenvalue weighted by Gasteiger charge is 2.27. The Balaban J connectivity index is 1.25. The summed E-state index contributed by atoms with van der Waals surface area (Å²) in [5, 5.41) is 23.5. The topological polar surface area (TPSA) is 106 Å². The average molecular weight is 417 g/mol. The largest absolute Gasteiger partial charge is 0.355 e. The first-order valence-electron chi connectivity index (χ1n) is 10.3. The Labute approximate surface area is 178 Å². The molecule has 31 heavy (non-hydrogen) atoms. The first-order valence-corrected chi connectivity index (χ1v) is 10.3. The zero-order valence-electron chi connectivity index (χ0n) is 17.4. The molecule has 0 aliphatic carbocycles. The summed E-state index contributed by atoms with van der Waals surface area (Å²) in [4.78, 5) is 15.1. The van der Waals surface area contributed by atoms with E-state index < -0.39 is 0 Å². The van der Waals surface area contributed by atoms with Crippen LogP contribution in [0.15, 0.2) is 42.5 Å². The molecule has 0 saturated carbocycles. The molecule has 1 N–H and O–H groups in total. The fourth-order valence-electron chi connectivity index (χ4n) is 4.05. The van der Waals surface area contributed by atoms with E-state index in [4.69, 9.17) is 0 Å². The molecule has 0 spiro atoms. The van der Waals surface area contributed by atoms with E-state index in [-0.39, 0.29) is 11.8 Å². The number of carbonyl (C=O) groups excluding carboxylic acids is 1. The summed E-state index contributed by atoms with van der Waals surface area (Å²) >= 11 is 0. The number of carbonyl (C=O) groups is 1. The first-order chi connectivity index (χ1) is 15.1. The number of nitrogens with zero attached hydrogens (tertiary/aromatic N) is 8. The van der Waals surface area contributed by atoms with E-state index in [0.717, 1.165) is 54.5 Å². The quantitative estimate of drug-likeness (QED) is 0.542. The van der Waals surface area contributed by atoms with E-state index in [2.05, 4.69) is 35.9 Å². The number of amides is 1. The van der Waals surface area contributed by atoms with E-state index >= 15 is 0 Å². The maximum atomic E-state index is 13.0. The van der Waals surface area contributed by atoms with Crippen LogP contribution in [0.3, 0.4) is 0 Å². The van der Waals surface area contributed by atoms with Gasteiger partial charge in [-0.15, -0.1) is 14.8 Å². The minimum Gasteiger partial charge on any atom is -0.355 e. The lowest BCUT2D eigenvalue weighted by Gasteiger charge is -2.31. The van der Waals surface area contributed by atoms with Gasteiger partial charge in [-0.05, 0) is 61.4 Å². The van der Waals surface area contributed by atoms with Gasteiger partial charge >= 0.3 is 0 Å². The Bertz CT molecular complexity index is 1220. The smallest absolute Gasteiger partial charge is 0.227 e. The highest BCUT2D eigenvalue weighted by Crippen LogP contribution is 2.26. The average Bonchev–Trinajstić information content (AvgIpc) is 3.39. The van der Waals surface area contributed by atoms with Gasteiger partial charge in [0, 0.05) is 19.0 Å². The number of benzene rings is 1. The van der Waals surface area contributed by atoms with Gasteiger partial charge in [0.2, 0.25) is 5.91 Å². The number of para-hydroxylation sites is 1. The van der Waals surface area contributed by atoms with Crippen molar-refractivity contribution in [3.05, 3.63) is 53.9 Å². The lowest BCUT2D eigenvalue weighted by atomic mass is 9.95. The predicted molar refractivity (Wildman–Crippen MR) is 115 cm³/mol. The number of piperidine rings is 1. The van der Waals surface area contributed by atoms with Crippen molar-refractivity contribution in [3.8, 4) is 5.69 Å². The van der Waals surface area contributed by atoms with Gasteiger partial charge in [0.15, 0.2) is 11.5 Å². The molecule has 1 fully saturated rings. The summed E-state index contributed by atoms with van der Waals surface area (Å²) in [5.74, 6) is 0.809. The van der Waals surface area contributed by atoms with Gasteiger partial charge in [0.1, 0.15) is 0 Å². The second kappa shape index (κ2) is 7.78. The molecule has 1 saturated heterocycles. The molecule has 3 aromatic heterocycles. The van der Waals surface area contributed by atoms with Gasteiger partial charge < -0.3 is 10.2 Å².